The topological polar surface area (TPSA) is 101 Å². The summed E-state index contributed by atoms with van der Waals surface area (Å²) in [7, 11) is 0. The summed E-state index contributed by atoms with van der Waals surface area (Å²) in [6.07, 6.45) is 9.39. The molecule has 0 saturated heterocycles. The lowest BCUT2D eigenvalue weighted by Crippen LogP contribution is -2.42. The molecule has 1 N–H and O–H groups in total. The average molecular weight is 548 g/mol. The van der Waals surface area contributed by atoms with Crippen molar-refractivity contribution < 1.29 is 9.53 Å². The number of H-pyrrole nitrogens is 1. The van der Waals surface area contributed by atoms with Gasteiger partial charge in [-0.2, -0.15) is 5.21 Å². The number of aryl methyl sites for hydroxylation is 1. The first-order chi connectivity index (χ1) is 20.2. The molecular weight excluding hydrogens is 514 g/mol. The number of rotatable bonds is 7. The van der Waals surface area contributed by atoms with Gasteiger partial charge in [0.25, 0.3) is 0 Å². The van der Waals surface area contributed by atoms with E-state index in [-0.39, 0.29) is 18.7 Å². The van der Waals surface area contributed by atoms with E-state index < -0.39 is 0 Å². The van der Waals surface area contributed by atoms with Gasteiger partial charge in [-0.1, -0.05) is 61.7 Å². The lowest BCUT2D eigenvalue weighted by molar-refractivity contribution is 0.141. The van der Waals surface area contributed by atoms with Crippen LogP contribution < -0.4 is 4.90 Å². The molecule has 5 aromatic rings. The summed E-state index contributed by atoms with van der Waals surface area (Å²) in [4.78, 5) is 20.6. The minimum Gasteiger partial charge on any atom is -0.443 e. The second kappa shape index (κ2) is 10.8. The zero-order valence-corrected chi connectivity index (χ0v) is 23.2. The summed E-state index contributed by atoms with van der Waals surface area (Å²) in [6.45, 7) is 2.24. The number of carbonyl (C=O) groups excluding carboxylic acids is 1. The Morgan fingerprint density at radius 2 is 1.83 bits per heavy atom. The quantitative estimate of drug-likeness (QED) is 0.239. The number of anilines is 1. The van der Waals surface area contributed by atoms with Gasteiger partial charge in [0.05, 0.1) is 11.4 Å². The van der Waals surface area contributed by atoms with E-state index in [1.54, 1.807) is 0 Å². The Morgan fingerprint density at radius 3 is 2.59 bits per heavy atom. The molecule has 9 heteroatoms. The fourth-order valence-electron chi connectivity index (χ4n) is 5.99. The summed E-state index contributed by atoms with van der Waals surface area (Å²) in [6, 6.07) is 20.3. The molecule has 3 aromatic heterocycles. The second-order valence-corrected chi connectivity index (χ2v) is 11.2. The molecule has 2 aliphatic rings. The first-order valence-electron chi connectivity index (χ1n) is 14.5. The first kappa shape index (κ1) is 25.4. The molecule has 7 rings (SSSR count). The predicted molar refractivity (Wildman–Crippen MR) is 156 cm³/mol. The van der Waals surface area contributed by atoms with Crippen LogP contribution in [-0.4, -0.2) is 42.1 Å². The summed E-state index contributed by atoms with van der Waals surface area (Å²) < 4.78 is 8.15. The first-order valence-corrected chi connectivity index (χ1v) is 14.5. The largest absolute Gasteiger partial charge is 0.443 e. The molecule has 0 radical (unpaired) electrons. The van der Waals surface area contributed by atoms with Gasteiger partial charge < -0.3 is 9.14 Å². The fraction of sp³-hybridized carbons (Fsp3) is 0.344. The Hall–Kier alpha value is -4.53. The van der Waals surface area contributed by atoms with Crippen LogP contribution in [0.15, 0.2) is 66.9 Å². The zero-order valence-electron chi connectivity index (χ0n) is 23.2. The van der Waals surface area contributed by atoms with E-state index in [1.165, 1.54) is 19.3 Å². The number of imidazole rings is 1. The van der Waals surface area contributed by atoms with Crippen LogP contribution in [0.1, 0.15) is 67.8 Å². The van der Waals surface area contributed by atoms with Crippen molar-refractivity contribution in [3.8, 4) is 22.5 Å². The van der Waals surface area contributed by atoms with Gasteiger partial charge >= 0.3 is 6.09 Å². The van der Waals surface area contributed by atoms with Crippen LogP contribution in [0, 0.1) is 6.92 Å². The number of benzene rings is 2. The molecule has 208 valence electrons. The van der Waals surface area contributed by atoms with Gasteiger partial charge in [0, 0.05) is 29.4 Å². The van der Waals surface area contributed by atoms with E-state index in [4.69, 9.17) is 9.72 Å². The maximum atomic E-state index is 13.9. The van der Waals surface area contributed by atoms with Crippen LogP contribution in [0.3, 0.4) is 0 Å². The number of amides is 1. The lowest BCUT2D eigenvalue weighted by Gasteiger charge is -2.34. The van der Waals surface area contributed by atoms with Gasteiger partial charge in [0.1, 0.15) is 12.3 Å². The molecular formula is C32H33N7O2. The van der Waals surface area contributed by atoms with Gasteiger partial charge in [-0.05, 0) is 72.7 Å². The van der Waals surface area contributed by atoms with Crippen LogP contribution >= 0.6 is 0 Å². The van der Waals surface area contributed by atoms with E-state index in [1.807, 2.05) is 47.4 Å². The number of hydrogen-bond donors (Lipinski definition) is 1. The van der Waals surface area contributed by atoms with Crippen molar-refractivity contribution in [2.75, 3.05) is 4.90 Å². The van der Waals surface area contributed by atoms with Crippen molar-refractivity contribution >= 4 is 17.4 Å². The maximum Gasteiger partial charge on any atom is 0.414 e. The van der Waals surface area contributed by atoms with Gasteiger partial charge in [0.2, 0.25) is 5.82 Å². The SMILES string of the molecule is Cc1ccc(COC(=O)N(c2ccc(-c3ccccc3)c(-c3nn[nH]n3)c2)C2CCCCC2)n2cc(C3CC3)nc12. The third-order valence-electron chi connectivity index (χ3n) is 8.34. The number of aromatic amines is 1. The molecule has 3 heterocycles. The zero-order chi connectivity index (χ0) is 27.8. The highest BCUT2D eigenvalue weighted by atomic mass is 16.6. The molecule has 0 unspecified atom stereocenters. The van der Waals surface area contributed by atoms with Gasteiger partial charge in [-0.25, -0.2) is 9.78 Å². The average Bonchev–Trinajstić information content (AvgIpc) is 3.51. The van der Waals surface area contributed by atoms with Crippen molar-refractivity contribution in [2.24, 2.45) is 0 Å². The van der Waals surface area contributed by atoms with Crippen LogP contribution in [0.25, 0.3) is 28.2 Å². The summed E-state index contributed by atoms with van der Waals surface area (Å²) >= 11 is 0. The Morgan fingerprint density at radius 1 is 1.00 bits per heavy atom. The highest BCUT2D eigenvalue weighted by molar-refractivity contribution is 5.92. The summed E-state index contributed by atoms with van der Waals surface area (Å²) in [5.41, 5.74) is 7.68. The Labute approximate surface area is 238 Å². The number of aromatic nitrogens is 6. The summed E-state index contributed by atoms with van der Waals surface area (Å²) in [5, 5.41) is 14.9. The monoisotopic (exact) mass is 547 g/mol. The molecule has 2 aromatic carbocycles. The van der Waals surface area contributed by atoms with E-state index in [2.05, 4.69) is 56.3 Å². The maximum absolute atomic E-state index is 13.9. The minimum absolute atomic E-state index is 0.0599. The van der Waals surface area contributed by atoms with Crippen LogP contribution in [0.4, 0.5) is 10.5 Å². The van der Waals surface area contributed by atoms with Crippen molar-refractivity contribution in [1.29, 1.82) is 0 Å². The Bertz CT molecular complexity index is 1670. The molecule has 0 atom stereocenters. The minimum atomic E-state index is -0.348. The number of pyridine rings is 1. The number of nitrogens with zero attached hydrogens (tertiary/aromatic N) is 6. The van der Waals surface area contributed by atoms with Crippen molar-refractivity contribution in [3.05, 3.63) is 83.8 Å². The van der Waals surface area contributed by atoms with Crippen LogP contribution in [0.5, 0.6) is 0 Å². The number of nitrogens with one attached hydrogen (secondary N) is 1. The Balaban J connectivity index is 1.22. The molecule has 0 aliphatic heterocycles. The number of hydrogen-bond acceptors (Lipinski definition) is 6. The lowest BCUT2D eigenvalue weighted by atomic mass is 9.93. The van der Waals surface area contributed by atoms with Crippen molar-refractivity contribution in [2.45, 2.75) is 70.4 Å². The van der Waals surface area contributed by atoms with Gasteiger partial charge in [-0.15, -0.1) is 10.2 Å². The Kier molecular flexibility index (Phi) is 6.70. The van der Waals surface area contributed by atoms with Crippen molar-refractivity contribution in [1.82, 2.24) is 30.0 Å². The number of carbonyl (C=O) groups is 1. The highest BCUT2D eigenvalue weighted by Crippen LogP contribution is 2.40. The van der Waals surface area contributed by atoms with Gasteiger partial charge in [0.15, 0.2) is 0 Å². The van der Waals surface area contributed by atoms with Crippen LogP contribution in [-0.2, 0) is 11.3 Å². The van der Waals surface area contributed by atoms with Gasteiger partial charge in [-0.3, -0.25) is 4.90 Å². The molecule has 0 bridgehead atoms. The predicted octanol–water partition coefficient (Wildman–Crippen LogP) is 6.84. The second-order valence-electron chi connectivity index (χ2n) is 11.2. The molecule has 1 amide bonds. The smallest absolute Gasteiger partial charge is 0.414 e. The van der Waals surface area contributed by atoms with Crippen LogP contribution in [0.2, 0.25) is 0 Å². The van der Waals surface area contributed by atoms with Crippen molar-refractivity contribution in [3.63, 3.8) is 0 Å². The molecule has 41 heavy (non-hydrogen) atoms. The standard InChI is InChI=1S/C32H33N7O2/c1-21-12-15-26(38-19-29(23-13-14-23)33-31(21)38)20-41-32(40)39(24-10-6-3-7-11-24)25-16-17-27(22-8-4-2-5-9-22)28(18-25)30-34-36-37-35-30/h2,4-5,8-9,12,15-19,23-24H,3,6-7,10-11,13-14,20H2,1H3,(H,34,35,36,37). The van der Waals surface area contributed by atoms with E-state index in [0.29, 0.717) is 11.7 Å². The molecule has 2 aliphatic carbocycles. The molecule has 0 spiro atoms. The van der Waals surface area contributed by atoms with E-state index in [9.17, 15) is 4.79 Å². The molecule has 2 saturated carbocycles. The highest BCUT2D eigenvalue weighted by Gasteiger charge is 2.30. The summed E-state index contributed by atoms with van der Waals surface area (Å²) in [5.74, 6) is 1.04. The molecule has 2 fully saturated rings. The third-order valence-corrected chi connectivity index (χ3v) is 8.34. The number of tetrazole rings is 1. The fourth-order valence-corrected chi connectivity index (χ4v) is 5.99. The number of ether oxygens (including phenoxy) is 1. The normalized spacial score (nSPS) is 15.7. The molecule has 9 nitrogen and oxygen atoms in total. The third kappa shape index (κ3) is 5.08. The van der Waals surface area contributed by atoms with E-state index in [0.717, 1.165) is 70.7 Å². The van der Waals surface area contributed by atoms with E-state index >= 15 is 0 Å². The number of fused-ring (bicyclic) bond motifs is 1.